The van der Waals surface area contributed by atoms with Gasteiger partial charge < -0.3 is 10.4 Å². The highest BCUT2D eigenvalue weighted by Crippen LogP contribution is 2.18. The predicted octanol–water partition coefficient (Wildman–Crippen LogP) is 1.58. The molecule has 0 saturated carbocycles. The van der Waals surface area contributed by atoms with E-state index in [-0.39, 0.29) is 24.4 Å². The molecule has 0 unspecified atom stereocenters. The Bertz CT molecular complexity index is 470. The number of aliphatic hydroxyl groups excluding tert-OH is 1. The SMILES string of the molecule is C[C@@H](C(=O)NCCc1ccc(F)cc1)N1CCC(CO)CC1. The minimum absolute atomic E-state index is 0.0320. The number of halogens is 1. The van der Waals surface area contributed by atoms with Crippen LogP contribution in [0.25, 0.3) is 0 Å². The molecule has 2 rings (SSSR count). The molecule has 1 aromatic rings. The summed E-state index contributed by atoms with van der Waals surface area (Å²) in [4.78, 5) is 14.3. The molecule has 1 aliphatic rings. The summed E-state index contributed by atoms with van der Waals surface area (Å²) in [6.07, 6.45) is 2.60. The van der Waals surface area contributed by atoms with Gasteiger partial charge in [0.15, 0.2) is 0 Å². The van der Waals surface area contributed by atoms with Crippen LogP contribution < -0.4 is 5.32 Å². The fraction of sp³-hybridized carbons (Fsp3) is 0.588. The average molecular weight is 308 g/mol. The number of hydrogen-bond acceptors (Lipinski definition) is 3. The Morgan fingerprint density at radius 2 is 2.00 bits per heavy atom. The molecule has 4 nitrogen and oxygen atoms in total. The second-order valence-electron chi connectivity index (χ2n) is 6.01. The first-order chi connectivity index (χ1) is 10.6. The molecule has 1 amide bonds. The first kappa shape index (κ1) is 16.9. The third-order valence-corrected chi connectivity index (χ3v) is 4.46. The lowest BCUT2D eigenvalue weighted by molar-refractivity contribution is -0.126. The molecule has 1 atom stereocenters. The van der Waals surface area contributed by atoms with E-state index < -0.39 is 0 Å². The van der Waals surface area contributed by atoms with Gasteiger partial charge in [0, 0.05) is 13.2 Å². The molecule has 1 aromatic carbocycles. The molecule has 1 heterocycles. The Kier molecular flexibility index (Phi) is 6.34. The van der Waals surface area contributed by atoms with E-state index >= 15 is 0 Å². The monoisotopic (exact) mass is 308 g/mol. The van der Waals surface area contributed by atoms with Gasteiger partial charge in [0.1, 0.15) is 5.82 Å². The van der Waals surface area contributed by atoms with E-state index in [4.69, 9.17) is 5.11 Å². The van der Waals surface area contributed by atoms with Gasteiger partial charge in [-0.3, -0.25) is 9.69 Å². The minimum Gasteiger partial charge on any atom is -0.396 e. The van der Waals surface area contributed by atoms with Gasteiger partial charge >= 0.3 is 0 Å². The number of likely N-dealkylation sites (tertiary alicyclic amines) is 1. The topological polar surface area (TPSA) is 52.6 Å². The van der Waals surface area contributed by atoms with Gasteiger partial charge in [0.2, 0.25) is 5.91 Å². The van der Waals surface area contributed by atoms with E-state index in [0.29, 0.717) is 18.9 Å². The van der Waals surface area contributed by atoms with Crippen molar-refractivity contribution >= 4 is 5.91 Å². The largest absolute Gasteiger partial charge is 0.396 e. The molecular weight excluding hydrogens is 283 g/mol. The number of carbonyl (C=O) groups excluding carboxylic acids is 1. The fourth-order valence-corrected chi connectivity index (χ4v) is 2.82. The lowest BCUT2D eigenvalue weighted by Crippen LogP contribution is -2.48. The number of amides is 1. The summed E-state index contributed by atoms with van der Waals surface area (Å²) in [5.74, 6) is 0.169. The third kappa shape index (κ3) is 4.78. The fourth-order valence-electron chi connectivity index (χ4n) is 2.82. The van der Waals surface area contributed by atoms with Crippen LogP contribution in [0.15, 0.2) is 24.3 Å². The van der Waals surface area contributed by atoms with Crippen LogP contribution in [0.5, 0.6) is 0 Å². The summed E-state index contributed by atoms with van der Waals surface area (Å²) in [5.41, 5.74) is 1.01. The van der Waals surface area contributed by atoms with Crippen LogP contribution in [0.1, 0.15) is 25.3 Å². The highest BCUT2D eigenvalue weighted by Gasteiger charge is 2.25. The summed E-state index contributed by atoms with van der Waals surface area (Å²) in [7, 11) is 0. The van der Waals surface area contributed by atoms with E-state index in [1.165, 1.54) is 12.1 Å². The standard InChI is InChI=1S/C17H25FN2O2/c1-13(20-10-7-15(12-21)8-11-20)17(22)19-9-6-14-2-4-16(18)5-3-14/h2-5,13,15,21H,6-12H2,1H3,(H,19,22)/t13-/m0/s1. The van der Waals surface area contributed by atoms with Crippen molar-refractivity contribution in [2.45, 2.75) is 32.2 Å². The molecule has 1 aliphatic heterocycles. The summed E-state index contributed by atoms with van der Waals surface area (Å²) >= 11 is 0. The van der Waals surface area contributed by atoms with Crippen molar-refractivity contribution in [2.24, 2.45) is 5.92 Å². The Morgan fingerprint density at radius 1 is 1.36 bits per heavy atom. The lowest BCUT2D eigenvalue weighted by Gasteiger charge is -2.34. The summed E-state index contributed by atoms with van der Waals surface area (Å²) in [6, 6.07) is 6.21. The van der Waals surface area contributed by atoms with E-state index in [9.17, 15) is 9.18 Å². The van der Waals surface area contributed by atoms with E-state index in [1.54, 1.807) is 12.1 Å². The molecule has 22 heavy (non-hydrogen) atoms. The van der Waals surface area contributed by atoms with Crippen LogP contribution >= 0.6 is 0 Å². The Hall–Kier alpha value is -1.46. The lowest BCUT2D eigenvalue weighted by atomic mass is 9.97. The average Bonchev–Trinajstić information content (AvgIpc) is 2.56. The molecule has 0 bridgehead atoms. The quantitative estimate of drug-likeness (QED) is 0.839. The zero-order chi connectivity index (χ0) is 15.9. The maximum Gasteiger partial charge on any atom is 0.237 e. The van der Waals surface area contributed by atoms with Crippen molar-refractivity contribution in [3.05, 3.63) is 35.6 Å². The van der Waals surface area contributed by atoms with Crippen LogP contribution in [0.3, 0.4) is 0 Å². The van der Waals surface area contributed by atoms with Crippen LogP contribution in [0.4, 0.5) is 4.39 Å². The maximum absolute atomic E-state index is 12.8. The first-order valence-electron chi connectivity index (χ1n) is 7.97. The summed E-state index contributed by atoms with van der Waals surface area (Å²) in [5, 5.41) is 12.1. The second kappa shape index (κ2) is 8.25. The van der Waals surface area contributed by atoms with Gasteiger partial charge in [-0.05, 0) is 62.9 Å². The third-order valence-electron chi connectivity index (χ3n) is 4.46. The van der Waals surface area contributed by atoms with E-state index in [2.05, 4.69) is 10.2 Å². The molecule has 0 radical (unpaired) electrons. The minimum atomic E-state index is -0.243. The Labute approximate surface area is 131 Å². The predicted molar refractivity (Wildman–Crippen MR) is 84.0 cm³/mol. The molecule has 122 valence electrons. The van der Waals surface area contributed by atoms with Crippen LogP contribution in [-0.2, 0) is 11.2 Å². The van der Waals surface area contributed by atoms with Crippen LogP contribution in [-0.4, -0.2) is 48.2 Å². The van der Waals surface area contributed by atoms with Gasteiger partial charge in [-0.15, -0.1) is 0 Å². The number of aliphatic hydroxyl groups is 1. The number of nitrogens with one attached hydrogen (secondary N) is 1. The smallest absolute Gasteiger partial charge is 0.237 e. The highest BCUT2D eigenvalue weighted by atomic mass is 19.1. The van der Waals surface area contributed by atoms with E-state index in [0.717, 1.165) is 31.5 Å². The van der Waals surface area contributed by atoms with E-state index in [1.807, 2.05) is 6.92 Å². The van der Waals surface area contributed by atoms with Crippen molar-refractivity contribution in [2.75, 3.05) is 26.2 Å². The van der Waals surface area contributed by atoms with Crippen LogP contribution in [0, 0.1) is 11.7 Å². The number of hydrogen-bond donors (Lipinski definition) is 2. The molecule has 0 spiro atoms. The number of piperidine rings is 1. The van der Waals surface area contributed by atoms with Gasteiger partial charge in [-0.25, -0.2) is 4.39 Å². The normalized spacial score (nSPS) is 18.1. The summed E-state index contributed by atoms with van der Waals surface area (Å²) in [6.45, 7) is 4.44. The van der Waals surface area contributed by atoms with Crippen molar-refractivity contribution in [1.29, 1.82) is 0 Å². The zero-order valence-corrected chi connectivity index (χ0v) is 13.1. The number of benzene rings is 1. The maximum atomic E-state index is 12.8. The van der Waals surface area contributed by atoms with Gasteiger partial charge in [-0.2, -0.15) is 0 Å². The van der Waals surface area contributed by atoms with Crippen molar-refractivity contribution in [3.63, 3.8) is 0 Å². The molecule has 2 N–H and O–H groups in total. The van der Waals surface area contributed by atoms with Crippen molar-refractivity contribution < 1.29 is 14.3 Å². The number of rotatable bonds is 6. The molecule has 1 saturated heterocycles. The number of carbonyl (C=O) groups is 1. The molecule has 1 fully saturated rings. The Balaban J connectivity index is 1.71. The van der Waals surface area contributed by atoms with Gasteiger partial charge in [0.05, 0.1) is 6.04 Å². The highest BCUT2D eigenvalue weighted by molar-refractivity contribution is 5.81. The molecule has 0 aliphatic carbocycles. The van der Waals surface area contributed by atoms with Crippen molar-refractivity contribution in [1.82, 2.24) is 10.2 Å². The molecule has 0 aromatic heterocycles. The number of nitrogens with zero attached hydrogens (tertiary/aromatic N) is 1. The Morgan fingerprint density at radius 3 is 2.59 bits per heavy atom. The molecule has 5 heteroatoms. The first-order valence-corrected chi connectivity index (χ1v) is 7.97. The zero-order valence-electron chi connectivity index (χ0n) is 13.1. The van der Waals surface area contributed by atoms with Gasteiger partial charge in [0.25, 0.3) is 0 Å². The second-order valence-corrected chi connectivity index (χ2v) is 6.01. The van der Waals surface area contributed by atoms with Crippen LogP contribution in [0.2, 0.25) is 0 Å². The summed E-state index contributed by atoms with van der Waals surface area (Å²) < 4.78 is 12.8. The van der Waals surface area contributed by atoms with Crippen molar-refractivity contribution in [3.8, 4) is 0 Å². The van der Waals surface area contributed by atoms with Gasteiger partial charge in [-0.1, -0.05) is 12.1 Å². The molecular formula is C17H25FN2O2.